The molecule has 1 unspecified atom stereocenters. The van der Waals surface area contributed by atoms with E-state index in [4.69, 9.17) is 14.9 Å². The monoisotopic (exact) mass is 593 g/mol. The third kappa shape index (κ3) is 7.50. The Balaban J connectivity index is 1.43. The molecule has 1 fully saturated rings. The summed E-state index contributed by atoms with van der Waals surface area (Å²) in [6, 6.07) is 11.2. The Labute approximate surface area is 250 Å². The van der Waals surface area contributed by atoms with Gasteiger partial charge in [0.2, 0.25) is 23.6 Å². The first-order chi connectivity index (χ1) is 20.5. The number of oxazole rings is 1. The molecule has 4 amide bonds. The van der Waals surface area contributed by atoms with Crippen molar-refractivity contribution in [2.75, 3.05) is 6.54 Å². The standard InChI is InChI=1S/C31H39N5O7/c1-17(2)24(26(37)29-33-21-15-20(27(32)38)12-13-23(21)43-29)34-28(39)22-11-8-14-36(22)30(40)25(18(3)4)35-31(41)42-16-19-9-6-5-7-10-19/h5-7,9-10,12-13,15,17-18,22,24-26,37H,8,11,14,16H2,1-4H3,(H2,32,38)(H,34,39)(H,35,41)/t22-,24-,25-,26?/m0/s1. The van der Waals surface area contributed by atoms with Crippen molar-refractivity contribution in [3.05, 3.63) is 65.5 Å². The van der Waals surface area contributed by atoms with Gasteiger partial charge in [0.1, 0.15) is 24.2 Å². The van der Waals surface area contributed by atoms with Gasteiger partial charge in [-0.3, -0.25) is 14.4 Å². The van der Waals surface area contributed by atoms with E-state index in [2.05, 4.69) is 15.6 Å². The van der Waals surface area contributed by atoms with Gasteiger partial charge in [-0.1, -0.05) is 58.0 Å². The molecule has 230 valence electrons. The minimum atomic E-state index is -1.30. The molecule has 0 radical (unpaired) electrons. The highest BCUT2D eigenvalue weighted by molar-refractivity contribution is 5.96. The first-order valence-corrected chi connectivity index (χ1v) is 14.4. The van der Waals surface area contributed by atoms with Gasteiger partial charge in [0.15, 0.2) is 11.7 Å². The number of hydrogen-bond acceptors (Lipinski definition) is 8. The molecule has 0 spiro atoms. The Hall–Kier alpha value is -4.45. The van der Waals surface area contributed by atoms with Gasteiger partial charge in [0.25, 0.3) is 0 Å². The van der Waals surface area contributed by atoms with Crippen molar-refractivity contribution >= 4 is 34.9 Å². The van der Waals surface area contributed by atoms with Crippen LogP contribution >= 0.6 is 0 Å². The van der Waals surface area contributed by atoms with Crippen LogP contribution in [0, 0.1) is 11.8 Å². The summed E-state index contributed by atoms with van der Waals surface area (Å²) in [6.45, 7) is 7.69. The summed E-state index contributed by atoms with van der Waals surface area (Å²) < 4.78 is 11.0. The van der Waals surface area contributed by atoms with Crippen molar-refractivity contribution in [2.24, 2.45) is 17.6 Å². The Morgan fingerprint density at radius 3 is 2.44 bits per heavy atom. The molecule has 43 heavy (non-hydrogen) atoms. The molecular weight excluding hydrogens is 554 g/mol. The summed E-state index contributed by atoms with van der Waals surface area (Å²) in [4.78, 5) is 57.1. The van der Waals surface area contributed by atoms with Crippen molar-refractivity contribution in [3.63, 3.8) is 0 Å². The van der Waals surface area contributed by atoms with Crippen LogP contribution in [0.2, 0.25) is 0 Å². The van der Waals surface area contributed by atoms with E-state index >= 15 is 0 Å². The molecule has 1 saturated heterocycles. The van der Waals surface area contributed by atoms with Gasteiger partial charge >= 0.3 is 6.09 Å². The minimum absolute atomic E-state index is 0.0203. The Kier molecular flexibility index (Phi) is 10.0. The first kappa shape index (κ1) is 31.5. The predicted molar refractivity (Wildman–Crippen MR) is 157 cm³/mol. The van der Waals surface area contributed by atoms with Gasteiger partial charge in [-0.15, -0.1) is 0 Å². The van der Waals surface area contributed by atoms with Crippen LogP contribution in [-0.4, -0.2) is 63.5 Å². The average molecular weight is 594 g/mol. The maximum atomic E-state index is 13.6. The van der Waals surface area contributed by atoms with Gasteiger partial charge in [0.05, 0.1) is 6.04 Å². The van der Waals surface area contributed by atoms with Gasteiger partial charge in [0, 0.05) is 12.1 Å². The van der Waals surface area contributed by atoms with Crippen molar-refractivity contribution < 1.29 is 33.4 Å². The van der Waals surface area contributed by atoms with Gasteiger partial charge in [-0.05, 0) is 48.4 Å². The molecule has 1 aliphatic rings. The Bertz CT molecular complexity index is 1460. The zero-order valence-electron chi connectivity index (χ0n) is 24.8. The normalized spacial score (nSPS) is 17.1. The van der Waals surface area contributed by atoms with Crippen LogP contribution in [0.3, 0.4) is 0 Å². The average Bonchev–Trinajstić information content (AvgIpc) is 3.64. The van der Waals surface area contributed by atoms with E-state index in [0.717, 1.165) is 5.56 Å². The topological polar surface area (TPSA) is 177 Å². The second-order valence-electron chi connectivity index (χ2n) is 11.4. The zero-order valence-corrected chi connectivity index (χ0v) is 24.8. The molecule has 1 aliphatic heterocycles. The van der Waals surface area contributed by atoms with Crippen molar-refractivity contribution in [1.29, 1.82) is 0 Å². The van der Waals surface area contributed by atoms with E-state index in [-0.39, 0.29) is 35.8 Å². The molecule has 0 aliphatic carbocycles. The van der Waals surface area contributed by atoms with Gasteiger partial charge in [-0.2, -0.15) is 0 Å². The molecule has 0 bridgehead atoms. The van der Waals surface area contributed by atoms with Crippen LogP contribution in [0.5, 0.6) is 0 Å². The summed E-state index contributed by atoms with van der Waals surface area (Å²) >= 11 is 0. The largest absolute Gasteiger partial charge is 0.445 e. The number of benzene rings is 2. The summed E-state index contributed by atoms with van der Waals surface area (Å²) in [5.41, 5.74) is 7.12. The number of aliphatic hydroxyl groups excluding tert-OH is 1. The van der Waals surface area contributed by atoms with Crippen molar-refractivity contribution in [3.8, 4) is 0 Å². The molecule has 12 nitrogen and oxygen atoms in total. The molecule has 4 rings (SSSR count). The number of fused-ring (bicyclic) bond motifs is 1. The van der Waals surface area contributed by atoms with Crippen LogP contribution < -0.4 is 16.4 Å². The zero-order chi connectivity index (χ0) is 31.3. The lowest BCUT2D eigenvalue weighted by Crippen LogP contribution is -2.56. The number of ether oxygens (including phenoxy) is 1. The molecule has 5 N–H and O–H groups in total. The lowest BCUT2D eigenvalue weighted by Gasteiger charge is -2.32. The molecule has 0 saturated carbocycles. The summed E-state index contributed by atoms with van der Waals surface area (Å²) in [6.07, 6.45) is -0.987. The number of aliphatic hydroxyl groups is 1. The van der Waals surface area contributed by atoms with Gasteiger partial charge in [-0.25, -0.2) is 9.78 Å². The quantitative estimate of drug-likeness (QED) is 0.262. The second kappa shape index (κ2) is 13.7. The Morgan fingerprint density at radius 1 is 1.07 bits per heavy atom. The predicted octanol–water partition coefficient (Wildman–Crippen LogP) is 3.04. The fourth-order valence-corrected chi connectivity index (χ4v) is 5.14. The number of amides is 4. The molecular formula is C31H39N5O7. The van der Waals surface area contributed by atoms with Crippen LogP contribution in [-0.2, 0) is 20.9 Å². The number of nitrogens with two attached hydrogens (primary N) is 1. The number of rotatable bonds is 11. The van der Waals surface area contributed by atoms with Crippen molar-refractivity contribution in [1.82, 2.24) is 20.5 Å². The minimum Gasteiger partial charge on any atom is -0.445 e. The number of carbonyl (C=O) groups excluding carboxylic acids is 4. The number of carbonyl (C=O) groups is 4. The SMILES string of the molecule is CC(C)[C@H](NC(=O)[C@@H]1CCCN1C(=O)[C@@H](NC(=O)OCc1ccccc1)C(C)C)C(O)c1nc2cc(C(N)=O)ccc2o1. The third-order valence-electron chi connectivity index (χ3n) is 7.57. The first-order valence-electron chi connectivity index (χ1n) is 14.4. The van der Waals surface area contributed by atoms with E-state index in [9.17, 15) is 24.3 Å². The number of nitrogens with one attached hydrogen (secondary N) is 2. The number of primary amides is 1. The van der Waals surface area contributed by atoms with E-state index in [1.165, 1.54) is 17.0 Å². The molecule has 2 aromatic carbocycles. The van der Waals surface area contributed by atoms with E-state index in [1.54, 1.807) is 6.07 Å². The number of hydrogen-bond donors (Lipinski definition) is 4. The summed E-state index contributed by atoms with van der Waals surface area (Å²) in [5, 5.41) is 16.8. The number of likely N-dealkylation sites (tertiary alicyclic amines) is 1. The fourth-order valence-electron chi connectivity index (χ4n) is 5.14. The molecule has 2 heterocycles. The molecule has 3 aromatic rings. The van der Waals surface area contributed by atoms with Crippen LogP contribution in [0.1, 0.15) is 68.5 Å². The summed E-state index contributed by atoms with van der Waals surface area (Å²) in [7, 11) is 0. The molecule has 1 aromatic heterocycles. The van der Waals surface area contributed by atoms with E-state index in [0.29, 0.717) is 30.5 Å². The number of aromatic nitrogens is 1. The van der Waals surface area contributed by atoms with Crippen LogP contribution in [0.15, 0.2) is 52.9 Å². The van der Waals surface area contributed by atoms with E-state index in [1.807, 2.05) is 58.0 Å². The van der Waals surface area contributed by atoms with E-state index < -0.39 is 42.1 Å². The summed E-state index contributed by atoms with van der Waals surface area (Å²) in [5.74, 6) is -1.94. The fraction of sp³-hybridized carbons (Fsp3) is 0.452. The maximum absolute atomic E-state index is 13.6. The third-order valence-corrected chi connectivity index (χ3v) is 7.57. The second-order valence-corrected chi connectivity index (χ2v) is 11.4. The lowest BCUT2D eigenvalue weighted by molar-refractivity contribution is -0.141. The maximum Gasteiger partial charge on any atom is 0.408 e. The lowest BCUT2D eigenvalue weighted by atomic mass is 9.97. The van der Waals surface area contributed by atoms with Crippen LogP contribution in [0.4, 0.5) is 4.79 Å². The Morgan fingerprint density at radius 2 is 1.79 bits per heavy atom. The molecule has 4 atom stereocenters. The molecule has 12 heteroatoms. The number of nitrogens with zero attached hydrogens (tertiary/aromatic N) is 2. The smallest absolute Gasteiger partial charge is 0.408 e. The van der Waals surface area contributed by atoms with Crippen molar-refractivity contribution in [2.45, 2.75) is 71.4 Å². The highest BCUT2D eigenvalue weighted by atomic mass is 16.5. The number of alkyl carbamates (subject to hydrolysis) is 1. The highest BCUT2D eigenvalue weighted by Crippen LogP contribution is 2.27. The van der Waals surface area contributed by atoms with Gasteiger partial charge < -0.3 is 35.5 Å². The van der Waals surface area contributed by atoms with Crippen LogP contribution in [0.25, 0.3) is 11.1 Å². The highest BCUT2D eigenvalue weighted by Gasteiger charge is 2.40.